The molecule has 6 heteroatoms. The number of hydrogen-bond donors (Lipinski definition) is 1. The Morgan fingerprint density at radius 2 is 2.10 bits per heavy atom. The third-order valence-electron chi connectivity index (χ3n) is 4.93. The predicted molar refractivity (Wildman–Crippen MR) is 69.6 cm³/mol. The van der Waals surface area contributed by atoms with E-state index in [1.807, 2.05) is 0 Å². The van der Waals surface area contributed by atoms with Crippen LogP contribution in [0.5, 0.6) is 0 Å². The average Bonchev–Trinajstić information content (AvgIpc) is 2.69. The number of carbonyl (C=O) groups is 1. The van der Waals surface area contributed by atoms with Gasteiger partial charge in [-0.3, -0.25) is 4.79 Å². The number of halogens is 2. The zero-order chi connectivity index (χ0) is 14.4. The molecule has 0 aromatic rings. The summed E-state index contributed by atoms with van der Waals surface area (Å²) in [6, 6.07) is 0. The third kappa shape index (κ3) is 2.55. The van der Waals surface area contributed by atoms with Gasteiger partial charge in [-0.2, -0.15) is 0 Å². The van der Waals surface area contributed by atoms with Crippen LogP contribution in [0, 0.1) is 11.8 Å². The fraction of sp³-hybridized carbons (Fsp3) is 0.929. The number of rotatable bonds is 4. The van der Waals surface area contributed by atoms with Crippen molar-refractivity contribution in [1.82, 2.24) is 10.2 Å². The normalized spacial score (nSPS) is 31.9. The number of nitrogens with one attached hydrogen (secondary N) is 1. The molecule has 20 heavy (non-hydrogen) atoms. The van der Waals surface area contributed by atoms with Gasteiger partial charge < -0.3 is 15.0 Å². The van der Waals surface area contributed by atoms with Crippen LogP contribution in [0.1, 0.15) is 25.7 Å². The summed E-state index contributed by atoms with van der Waals surface area (Å²) in [5, 5.41) is 2.81. The van der Waals surface area contributed by atoms with Crippen molar-refractivity contribution in [3.8, 4) is 0 Å². The summed E-state index contributed by atoms with van der Waals surface area (Å²) in [7, 11) is 2.07. The van der Waals surface area contributed by atoms with Gasteiger partial charge >= 0.3 is 0 Å². The molecule has 1 aliphatic carbocycles. The molecule has 114 valence electrons. The molecule has 2 heterocycles. The smallest absolute Gasteiger partial charge is 0.249 e. The van der Waals surface area contributed by atoms with Gasteiger partial charge in [0.2, 0.25) is 11.8 Å². The van der Waals surface area contributed by atoms with Crippen molar-refractivity contribution in [2.75, 3.05) is 33.3 Å². The third-order valence-corrected chi connectivity index (χ3v) is 4.93. The summed E-state index contributed by atoms with van der Waals surface area (Å²) in [6.07, 6.45) is 1.33. The minimum absolute atomic E-state index is 0.0109. The van der Waals surface area contributed by atoms with Crippen LogP contribution >= 0.6 is 0 Å². The molecular formula is C14H22F2N2O2. The van der Waals surface area contributed by atoms with Crippen molar-refractivity contribution < 1.29 is 18.3 Å². The van der Waals surface area contributed by atoms with Crippen LogP contribution in [0.4, 0.5) is 8.78 Å². The predicted octanol–water partition coefficient (Wildman–Crippen LogP) is 1.26. The fourth-order valence-corrected chi connectivity index (χ4v) is 3.77. The van der Waals surface area contributed by atoms with Crippen molar-refractivity contribution in [1.29, 1.82) is 0 Å². The topological polar surface area (TPSA) is 41.6 Å². The average molecular weight is 288 g/mol. The van der Waals surface area contributed by atoms with E-state index in [4.69, 9.17) is 4.74 Å². The van der Waals surface area contributed by atoms with E-state index in [2.05, 4.69) is 17.3 Å². The number of ether oxygens (including phenoxy) is 1. The second-order valence-corrected chi connectivity index (χ2v) is 6.61. The molecule has 1 unspecified atom stereocenters. The molecule has 0 radical (unpaired) electrons. The highest BCUT2D eigenvalue weighted by Crippen LogP contribution is 2.43. The highest BCUT2D eigenvalue weighted by Gasteiger charge is 2.51. The summed E-state index contributed by atoms with van der Waals surface area (Å²) in [5.41, 5.74) is -0.0109. The van der Waals surface area contributed by atoms with Crippen LogP contribution in [0.25, 0.3) is 0 Å². The molecule has 0 aromatic carbocycles. The lowest BCUT2D eigenvalue weighted by Crippen LogP contribution is -2.63. The maximum Gasteiger partial charge on any atom is 0.249 e. The summed E-state index contributed by atoms with van der Waals surface area (Å²) >= 11 is 0. The first-order valence-corrected chi connectivity index (χ1v) is 7.38. The molecule has 0 bridgehead atoms. The lowest BCUT2D eigenvalue weighted by Gasteiger charge is -2.48. The lowest BCUT2D eigenvalue weighted by atomic mass is 9.79. The zero-order valence-corrected chi connectivity index (χ0v) is 11.8. The molecule has 1 amide bonds. The van der Waals surface area contributed by atoms with Gasteiger partial charge in [0.15, 0.2) is 0 Å². The molecule has 3 fully saturated rings. The number of likely N-dealkylation sites (N-methyl/N-ethyl adjacent to an activating group) is 1. The van der Waals surface area contributed by atoms with Crippen LogP contribution in [-0.2, 0) is 9.53 Å². The van der Waals surface area contributed by atoms with E-state index in [0.717, 1.165) is 32.5 Å². The van der Waals surface area contributed by atoms with Gasteiger partial charge in [-0.25, -0.2) is 8.78 Å². The molecular weight excluding hydrogens is 266 g/mol. The highest BCUT2D eigenvalue weighted by atomic mass is 19.3. The zero-order valence-electron chi connectivity index (χ0n) is 11.8. The Hall–Kier alpha value is -0.750. The van der Waals surface area contributed by atoms with Crippen molar-refractivity contribution in [3.05, 3.63) is 0 Å². The molecule has 4 nitrogen and oxygen atoms in total. The van der Waals surface area contributed by atoms with Crippen LogP contribution < -0.4 is 5.32 Å². The molecule has 0 aromatic heterocycles. The molecule has 1 N–H and O–H groups in total. The second-order valence-electron chi connectivity index (χ2n) is 6.61. The van der Waals surface area contributed by atoms with Gasteiger partial charge in [0.05, 0.1) is 5.60 Å². The number of hydrogen-bond acceptors (Lipinski definition) is 3. The van der Waals surface area contributed by atoms with E-state index < -0.39 is 11.8 Å². The van der Waals surface area contributed by atoms with Gasteiger partial charge in [0.25, 0.3) is 0 Å². The highest BCUT2D eigenvalue weighted by molar-refractivity contribution is 5.79. The Labute approximate surface area is 117 Å². The quantitative estimate of drug-likeness (QED) is 0.847. The minimum Gasteiger partial charge on any atom is -0.372 e. The van der Waals surface area contributed by atoms with Gasteiger partial charge in [0.1, 0.15) is 0 Å². The second kappa shape index (κ2) is 4.91. The van der Waals surface area contributed by atoms with Crippen LogP contribution in [0.2, 0.25) is 0 Å². The molecule has 2 saturated heterocycles. The first-order valence-electron chi connectivity index (χ1n) is 7.38. The monoisotopic (exact) mass is 288 g/mol. The Kier molecular flexibility index (Phi) is 3.49. The van der Waals surface area contributed by atoms with Crippen molar-refractivity contribution >= 4 is 5.91 Å². The first kappa shape index (κ1) is 14.2. The fourth-order valence-electron chi connectivity index (χ4n) is 3.77. The maximum atomic E-state index is 12.7. The standard InChI is InChI=1S/C14H22F2N2O2/c1-18-8-13(9-18)11(3-5-20-13)2-4-17-12(19)10-6-14(15,16)7-10/h10-11H,2-9H2,1H3,(H,17,19). The number of nitrogens with zero attached hydrogens (tertiary/aromatic N) is 1. The van der Waals surface area contributed by atoms with E-state index in [0.29, 0.717) is 12.5 Å². The van der Waals surface area contributed by atoms with Crippen molar-refractivity contribution in [2.45, 2.75) is 37.2 Å². The summed E-state index contributed by atoms with van der Waals surface area (Å²) in [5.74, 6) is -2.85. The van der Waals surface area contributed by atoms with E-state index in [-0.39, 0.29) is 24.3 Å². The molecule has 1 spiro atoms. The maximum absolute atomic E-state index is 12.7. The molecule has 1 saturated carbocycles. The molecule has 1 atom stereocenters. The molecule has 3 aliphatic rings. The Morgan fingerprint density at radius 3 is 2.70 bits per heavy atom. The van der Waals surface area contributed by atoms with Crippen molar-refractivity contribution in [2.24, 2.45) is 11.8 Å². The Morgan fingerprint density at radius 1 is 1.40 bits per heavy atom. The van der Waals surface area contributed by atoms with Crippen LogP contribution in [-0.4, -0.2) is 55.6 Å². The minimum atomic E-state index is -2.62. The van der Waals surface area contributed by atoms with E-state index in [1.54, 1.807) is 0 Å². The summed E-state index contributed by atoms with van der Waals surface area (Å²) < 4.78 is 31.3. The summed E-state index contributed by atoms with van der Waals surface area (Å²) in [4.78, 5) is 13.9. The number of alkyl halides is 2. The Bertz CT molecular complexity index is 389. The van der Waals surface area contributed by atoms with Crippen LogP contribution in [0.15, 0.2) is 0 Å². The molecule has 3 rings (SSSR count). The lowest BCUT2D eigenvalue weighted by molar-refractivity contribution is -0.150. The SMILES string of the molecule is CN1CC2(C1)OCCC2CCNC(=O)C1CC(F)(F)C1. The first-order chi connectivity index (χ1) is 9.40. The van der Waals surface area contributed by atoms with E-state index >= 15 is 0 Å². The van der Waals surface area contributed by atoms with Gasteiger partial charge in [-0.15, -0.1) is 0 Å². The van der Waals surface area contributed by atoms with Crippen LogP contribution in [0.3, 0.4) is 0 Å². The number of carbonyl (C=O) groups excluding carboxylic acids is 1. The number of amides is 1. The Balaban J connectivity index is 1.39. The van der Waals surface area contributed by atoms with Crippen molar-refractivity contribution in [3.63, 3.8) is 0 Å². The largest absolute Gasteiger partial charge is 0.372 e. The molecule has 2 aliphatic heterocycles. The van der Waals surface area contributed by atoms with E-state index in [1.165, 1.54) is 0 Å². The van der Waals surface area contributed by atoms with Gasteiger partial charge in [-0.05, 0) is 25.8 Å². The summed E-state index contributed by atoms with van der Waals surface area (Å²) in [6.45, 7) is 3.28. The van der Waals surface area contributed by atoms with Gasteiger partial charge in [-0.1, -0.05) is 0 Å². The van der Waals surface area contributed by atoms with Gasteiger partial charge in [0, 0.05) is 45.0 Å². The van der Waals surface area contributed by atoms with E-state index in [9.17, 15) is 13.6 Å². The number of likely N-dealkylation sites (tertiary alicyclic amines) is 1.